The largest absolute Gasteiger partial charge is 0.333 e. The minimum atomic E-state index is 0.229. The van der Waals surface area contributed by atoms with Gasteiger partial charge >= 0.3 is 0 Å². The smallest absolute Gasteiger partial charge is 0.160 e. The molecule has 0 saturated heterocycles. The van der Waals surface area contributed by atoms with Crippen molar-refractivity contribution in [1.82, 2.24) is 14.5 Å². The van der Waals surface area contributed by atoms with Crippen molar-refractivity contribution >= 4 is 49.8 Å². The van der Waals surface area contributed by atoms with Gasteiger partial charge in [0.1, 0.15) is 0 Å². The molecule has 2 aliphatic rings. The maximum absolute atomic E-state index is 5.08. The summed E-state index contributed by atoms with van der Waals surface area (Å²) in [5.41, 5.74) is 14.7. The van der Waals surface area contributed by atoms with Gasteiger partial charge in [-0.2, -0.15) is 0 Å². The Labute approximate surface area is 313 Å². The first kappa shape index (κ1) is 30.6. The highest BCUT2D eigenvalue weighted by Crippen LogP contribution is 2.49. The monoisotopic (exact) mass is 690 g/mol. The van der Waals surface area contributed by atoms with Crippen molar-refractivity contribution in [3.63, 3.8) is 0 Å². The van der Waals surface area contributed by atoms with Gasteiger partial charge in [-0.1, -0.05) is 127 Å². The van der Waals surface area contributed by atoms with Crippen molar-refractivity contribution < 1.29 is 0 Å². The van der Waals surface area contributed by atoms with Gasteiger partial charge in [0.2, 0.25) is 0 Å². The van der Waals surface area contributed by atoms with Crippen LogP contribution in [0, 0.1) is 0 Å². The molecule has 0 saturated carbocycles. The first-order valence-electron chi connectivity index (χ1n) is 18.6. The van der Waals surface area contributed by atoms with E-state index in [1.807, 2.05) is 12.3 Å². The standard InChI is InChI=1S/C50H34N4/c1-3-13-33(14-4-1)43-32-45(52-50-42(43)21-12-28-51-50)36-15-11-18-38(29-36)54-46-22-9-7-19-39(46)41-26-24-35(31-49(41)54)34-25-27-48-44(30-34)40-20-8-10-23-47(40)53(48)37-16-5-2-6-17-37/h1-32,44,48H. The molecule has 9 aromatic rings. The Hall–Kier alpha value is -7.04. The summed E-state index contributed by atoms with van der Waals surface area (Å²) < 4.78 is 2.41. The molecule has 1 aliphatic heterocycles. The number of pyridine rings is 2. The van der Waals surface area contributed by atoms with Crippen LogP contribution in [0.15, 0.2) is 194 Å². The number of allylic oxidation sites excluding steroid dienone is 2. The molecule has 0 N–H and O–H groups in total. The summed E-state index contributed by atoms with van der Waals surface area (Å²) in [5, 5.41) is 3.52. The van der Waals surface area contributed by atoms with E-state index >= 15 is 0 Å². The number of hydrogen-bond donors (Lipinski definition) is 0. The van der Waals surface area contributed by atoms with E-state index in [4.69, 9.17) is 4.98 Å². The number of para-hydroxylation sites is 3. The van der Waals surface area contributed by atoms with Gasteiger partial charge in [-0.05, 0) is 88.5 Å². The van der Waals surface area contributed by atoms with Crippen LogP contribution in [0.5, 0.6) is 0 Å². The minimum Gasteiger partial charge on any atom is -0.333 e. The zero-order valence-corrected chi connectivity index (χ0v) is 29.4. The van der Waals surface area contributed by atoms with Crippen LogP contribution in [0.25, 0.3) is 66.5 Å². The molecule has 0 amide bonds. The predicted molar refractivity (Wildman–Crippen MR) is 223 cm³/mol. The molecule has 4 nitrogen and oxygen atoms in total. The Morgan fingerprint density at radius 3 is 2.17 bits per heavy atom. The molecule has 0 spiro atoms. The van der Waals surface area contributed by atoms with E-state index in [9.17, 15) is 0 Å². The summed E-state index contributed by atoms with van der Waals surface area (Å²) in [6.45, 7) is 0. The molecule has 0 fully saturated rings. The Morgan fingerprint density at radius 2 is 1.26 bits per heavy atom. The average molecular weight is 691 g/mol. The Balaban J connectivity index is 1.04. The first-order chi connectivity index (χ1) is 26.8. The average Bonchev–Trinajstić information content (AvgIpc) is 3.76. The lowest BCUT2D eigenvalue weighted by atomic mass is 9.86. The number of anilines is 2. The number of nitrogens with zero attached hydrogens (tertiary/aromatic N) is 4. The highest BCUT2D eigenvalue weighted by molar-refractivity contribution is 6.10. The van der Waals surface area contributed by atoms with E-state index in [-0.39, 0.29) is 12.0 Å². The van der Waals surface area contributed by atoms with Gasteiger partial charge in [0.05, 0.1) is 22.8 Å². The summed E-state index contributed by atoms with van der Waals surface area (Å²) >= 11 is 0. The zero-order valence-electron chi connectivity index (χ0n) is 29.4. The van der Waals surface area contributed by atoms with E-state index in [1.165, 1.54) is 49.9 Å². The van der Waals surface area contributed by atoms with Crippen LogP contribution in [0.3, 0.4) is 0 Å². The lowest BCUT2D eigenvalue weighted by molar-refractivity contribution is 0.747. The van der Waals surface area contributed by atoms with Crippen LogP contribution in [0.1, 0.15) is 17.0 Å². The van der Waals surface area contributed by atoms with Crippen molar-refractivity contribution in [3.8, 4) is 28.1 Å². The van der Waals surface area contributed by atoms with Crippen LogP contribution < -0.4 is 4.90 Å². The van der Waals surface area contributed by atoms with Gasteiger partial charge in [0, 0.05) is 50.9 Å². The Bertz CT molecular complexity index is 2960. The molecule has 6 aromatic carbocycles. The quantitative estimate of drug-likeness (QED) is 0.180. The van der Waals surface area contributed by atoms with E-state index < -0.39 is 0 Å². The minimum absolute atomic E-state index is 0.229. The molecule has 11 rings (SSSR count). The second-order valence-electron chi connectivity index (χ2n) is 14.2. The Kier molecular flexibility index (Phi) is 6.96. The molecule has 4 heteroatoms. The number of aromatic nitrogens is 3. The van der Waals surface area contributed by atoms with Gasteiger partial charge < -0.3 is 9.47 Å². The van der Waals surface area contributed by atoms with Gasteiger partial charge in [-0.15, -0.1) is 0 Å². The van der Waals surface area contributed by atoms with E-state index in [2.05, 4.69) is 196 Å². The van der Waals surface area contributed by atoms with Crippen molar-refractivity contribution in [3.05, 3.63) is 205 Å². The van der Waals surface area contributed by atoms with Gasteiger partial charge in [-0.3, -0.25) is 0 Å². The third kappa shape index (κ3) is 4.84. The molecule has 254 valence electrons. The summed E-state index contributed by atoms with van der Waals surface area (Å²) in [7, 11) is 0. The van der Waals surface area contributed by atoms with Crippen molar-refractivity contribution in [2.24, 2.45) is 0 Å². The fraction of sp³-hybridized carbons (Fsp3) is 0.0400. The highest BCUT2D eigenvalue weighted by Gasteiger charge is 2.38. The molecular weight excluding hydrogens is 657 g/mol. The van der Waals surface area contributed by atoms with E-state index in [0.29, 0.717) is 0 Å². The fourth-order valence-corrected chi connectivity index (χ4v) is 8.73. The molecule has 54 heavy (non-hydrogen) atoms. The third-order valence-electron chi connectivity index (χ3n) is 11.2. The number of fused-ring (bicyclic) bond motifs is 7. The van der Waals surface area contributed by atoms with Gasteiger partial charge in [-0.25, -0.2) is 9.97 Å². The zero-order chi connectivity index (χ0) is 35.6. The molecule has 4 heterocycles. The van der Waals surface area contributed by atoms with Gasteiger partial charge in [0.15, 0.2) is 5.65 Å². The molecule has 0 bridgehead atoms. The number of benzene rings is 6. The molecule has 0 radical (unpaired) electrons. The fourth-order valence-electron chi connectivity index (χ4n) is 8.73. The summed E-state index contributed by atoms with van der Waals surface area (Å²) in [6.07, 6.45) is 9.01. The van der Waals surface area contributed by atoms with E-state index in [1.54, 1.807) is 0 Å². The summed E-state index contributed by atoms with van der Waals surface area (Å²) in [6, 6.07) is 61.1. The molecule has 2 unspecified atom stereocenters. The highest BCUT2D eigenvalue weighted by atomic mass is 15.2. The first-order valence-corrected chi connectivity index (χ1v) is 18.6. The molecule has 2 atom stereocenters. The van der Waals surface area contributed by atoms with E-state index in [0.717, 1.165) is 39.1 Å². The SMILES string of the molecule is C1=CC2C(C=C1c1ccc3c4ccccc4n(-c4cccc(-c5cc(-c6ccccc6)c6cccnc6n5)c4)c3c1)c1ccccc1N2c1ccccc1. The van der Waals surface area contributed by atoms with Crippen LogP contribution in [0.2, 0.25) is 0 Å². The topological polar surface area (TPSA) is 34.0 Å². The van der Waals surface area contributed by atoms with Crippen LogP contribution >= 0.6 is 0 Å². The maximum Gasteiger partial charge on any atom is 0.160 e. The summed E-state index contributed by atoms with van der Waals surface area (Å²) in [5.74, 6) is 0.254. The second kappa shape index (κ2) is 12.3. The molecular formula is C50H34N4. The van der Waals surface area contributed by atoms with Crippen molar-refractivity contribution in [1.29, 1.82) is 0 Å². The molecule has 1 aliphatic carbocycles. The van der Waals surface area contributed by atoms with Crippen LogP contribution in [-0.2, 0) is 0 Å². The van der Waals surface area contributed by atoms with Crippen molar-refractivity contribution in [2.75, 3.05) is 4.90 Å². The van der Waals surface area contributed by atoms with Crippen molar-refractivity contribution in [2.45, 2.75) is 12.0 Å². The molecule has 3 aromatic heterocycles. The lowest BCUT2D eigenvalue weighted by Gasteiger charge is -2.29. The van der Waals surface area contributed by atoms with Gasteiger partial charge in [0.25, 0.3) is 0 Å². The number of rotatable bonds is 5. The number of hydrogen-bond acceptors (Lipinski definition) is 3. The second-order valence-corrected chi connectivity index (χ2v) is 14.2. The predicted octanol–water partition coefficient (Wildman–Crippen LogP) is 12.3. The lowest BCUT2D eigenvalue weighted by Crippen LogP contribution is -2.28. The maximum atomic E-state index is 5.08. The van der Waals surface area contributed by atoms with Crippen LogP contribution in [0.4, 0.5) is 11.4 Å². The van der Waals surface area contributed by atoms with Crippen LogP contribution in [-0.4, -0.2) is 20.6 Å². The summed E-state index contributed by atoms with van der Waals surface area (Å²) in [4.78, 5) is 12.3. The Morgan fingerprint density at radius 1 is 0.519 bits per heavy atom. The normalized spacial score (nSPS) is 16.1. The third-order valence-corrected chi connectivity index (χ3v) is 11.2.